The lowest BCUT2D eigenvalue weighted by molar-refractivity contribution is 0.572. The van der Waals surface area contributed by atoms with Gasteiger partial charge in [-0.15, -0.1) is 0 Å². The van der Waals surface area contributed by atoms with E-state index < -0.39 is 0 Å². The Morgan fingerprint density at radius 3 is 2.37 bits per heavy atom. The van der Waals surface area contributed by atoms with Crippen molar-refractivity contribution in [1.82, 2.24) is 0 Å². The SMILES string of the molecule is N#CC(C#N)=C(C=Cc1ccc(-c2cc(Cl)ccc2Cl)o1)c1ccccc1. The summed E-state index contributed by atoms with van der Waals surface area (Å²) < 4.78 is 5.82. The van der Waals surface area contributed by atoms with Gasteiger partial charge in [-0.2, -0.15) is 10.5 Å². The number of nitriles is 2. The first kappa shape index (κ1) is 18.5. The van der Waals surface area contributed by atoms with Crippen LogP contribution in [0.2, 0.25) is 10.0 Å². The van der Waals surface area contributed by atoms with Crippen LogP contribution in [0.1, 0.15) is 11.3 Å². The van der Waals surface area contributed by atoms with Gasteiger partial charge in [-0.05, 0) is 48.0 Å². The summed E-state index contributed by atoms with van der Waals surface area (Å²) in [7, 11) is 0. The van der Waals surface area contributed by atoms with Crippen LogP contribution < -0.4 is 0 Å². The lowest BCUT2D eigenvalue weighted by Gasteiger charge is -2.02. The predicted molar refractivity (Wildman–Crippen MR) is 108 cm³/mol. The van der Waals surface area contributed by atoms with Gasteiger partial charge in [-0.25, -0.2) is 0 Å². The van der Waals surface area contributed by atoms with Crippen LogP contribution in [0.25, 0.3) is 23.0 Å². The molecule has 130 valence electrons. The molecule has 0 aliphatic carbocycles. The third-order valence-electron chi connectivity index (χ3n) is 3.81. The Morgan fingerprint density at radius 1 is 0.926 bits per heavy atom. The first-order valence-corrected chi connectivity index (χ1v) is 8.71. The van der Waals surface area contributed by atoms with E-state index in [1.54, 1.807) is 42.5 Å². The second-order valence-electron chi connectivity index (χ2n) is 5.54. The minimum atomic E-state index is 0.0297. The number of benzene rings is 2. The molecule has 0 bridgehead atoms. The van der Waals surface area contributed by atoms with Gasteiger partial charge in [0.1, 0.15) is 29.2 Å². The maximum atomic E-state index is 9.25. The van der Waals surface area contributed by atoms with Gasteiger partial charge in [0, 0.05) is 16.2 Å². The monoisotopic (exact) mass is 390 g/mol. The van der Waals surface area contributed by atoms with E-state index in [2.05, 4.69) is 0 Å². The molecular formula is C22H12Cl2N2O. The zero-order valence-electron chi connectivity index (χ0n) is 14.0. The molecule has 0 aliphatic heterocycles. The summed E-state index contributed by atoms with van der Waals surface area (Å²) in [6, 6.07) is 21.8. The number of furan rings is 1. The van der Waals surface area contributed by atoms with Gasteiger partial charge in [0.15, 0.2) is 0 Å². The zero-order valence-corrected chi connectivity index (χ0v) is 15.5. The molecule has 1 aromatic heterocycles. The van der Waals surface area contributed by atoms with Gasteiger partial charge in [0.25, 0.3) is 0 Å². The first-order chi connectivity index (χ1) is 13.1. The highest BCUT2D eigenvalue weighted by molar-refractivity contribution is 6.35. The number of halogens is 2. The van der Waals surface area contributed by atoms with Crippen molar-refractivity contribution in [3.05, 3.63) is 93.7 Å². The summed E-state index contributed by atoms with van der Waals surface area (Å²) in [6.45, 7) is 0. The second kappa shape index (κ2) is 8.43. The highest BCUT2D eigenvalue weighted by atomic mass is 35.5. The number of hydrogen-bond acceptors (Lipinski definition) is 3. The van der Waals surface area contributed by atoms with E-state index >= 15 is 0 Å². The topological polar surface area (TPSA) is 60.7 Å². The third kappa shape index (κ3) is 4.30. The minimum Gasteiger partial charge on any atom is -0.457 e. The van der Waals surface area contributed by atoms with E-state index in [0.29, 0.717) is 32.7 Å². The van der Waals surface area contributed by atoms with Crippen LogP contribution in [0.3, 0.4) is 0 Å². The van der Waals surface area contributed by atoms with Gasteiger partial charge in [-0.1, -0.05) is 53.5 Å². The lowest BCUT2D eigenvalue weighted by atomic mass is 10.0. The Morgan fingerprint density at radius 2 is 1.67 bits per heavy atom. The van der Waals surface area contributed by atoms with E-state index in [0.717, 1.165) is 5.56 Å². The van der Waals surface area contributed by atoms with E-state index in [1.165, 1.54) is 0 Å². The molecule has 0 atom stereocenters. The van der Waals surface area contributed by atoms with Crippen LogP contribution in [0, 0.1) is 22.7 Å². The van der Waals surface area contributed by atoms with Crippen LogP contribution in [-0.4, -0.2) is 0 Å². The van der Waals surface area contributed by atoms with Gasteiger partial charge >= 0.3 is 0 Å². The smallest absolute Gasteiger partial charge is 0.137 e. The molecule has 3 aromatic rings. The molecule has 0 saturated carbocycles. The van der Waals surface area contributed by atoms with E-state index in [9.17, 15) is 10.5 Å². The van der Waals surface area contributed by atoms with E-state index in [1.807, 2.05) is 42.5 Å². The Hall–Kier alpha value is -3.24. The van der Waals surface area contributed by atoms with Gasteiger partial charge in [-0.3, -0.25) is 0 Å². The van der Waals surface area contributed by atoms with Gasteiger partial charge in [0.05, 0.1) is 5.02 Å². The van der Waals surface area contributed by atoms with Crippen molar-refractivity contribution in [2.24, 2.45) is 0 Å². The van der Waals surface area contributed by atoms with Crippen molar-refractivity contribution in [3.8, 4) is 23.5 Å². The molecule has 5 heteroatoms. The van der Waals surface area contributed by atoms with Crippen LogP contribution in [0.4, 0.5) is 0 Å². The summed E-state index contributed by atoms with van der Waals surface area (Å²) in [5, 5.41) is 19.6. The molecule has 0 aliphatic rings. The Labute approximate surface area is 167 Å². The van der Waals surface area contributed by atoms with E-state index in [4.69, 9.17) is 27.6 Å². The number of hydrogen-bond donors (Lipinski definition) is 0. The molecule has 0 spiro atoms. The highest BCUT2D eigenvalue weighted by Gasteiger charge is 2.10. The molecule has 2 aromatic carbocycles. The van der Waals surface area contributed by atoms with E-state index in [-0.39, 0.29) is 5.57 Å². The van der Waals surface area contributed by atoms with Crippen molar-refractivity contribution >= 4 is 34.9 Å². The number of nitrogens with zero attached hydrogens (tertiary/aromatic N) is 2. The number of allylic oxidation sites excluding steroid dienone is 3. The normalized spacial score (nSPS) is 10.4. The van der Waals surface area contributed by atoms with Crippen molar-refractivity contribution in [3.63, 3.8) is 0 Å². The second-order valence-corrected chi connectivity index (χ2v) is 6.38. The molecule has 27 heavy (non-hydrogen) atoms. The lowest BCUT2D eigenvalue weighted by Crippen LogP contribution is -1.86. The maximum Gasteiger partial charge on any atom is 0.137 e. The fraction of sp³-hybridized carbons (Fsp3) is 0. The standard InChI is InChI=1S/C22H12Cl2N2O/c23-17-6-10-21(24)20(12-17)22-11-8-18(27-22)7-9-19(16(13-25)14-26)15-4-2-1-3-5-15/h1-12H. The molecule has 3 rings (SSSR count). The average Bonchev–Trinajstić information content (AvgIpc) is 3.16. The summed E-state index contributed by atoms with van der Waals surface area (Å²) in [5.74, 6) is 1.14. The first-order valence-electron chi connectivity index (χ1n) is 7.95. The van der Waals surface area contributed by atoms with Crippen molar-refractivity contribution in [2.75, 3.05) is 0 Å². The Balaban J connectivity index is 1.97. The Kier molecular flexibility index (Phi) is 5.79. The quantitative estimate of drug-likeness (QED) is 0.364. The highest BCUT2D eigenvalue weighted by Crippen LogP contribution is 2.32. The largest absolute Gasteiger partial charge is 0.457 e. The molecular weight excluding hydrogens is 379 g/mol. The summed E-state index contributed by atoms with van der Waals surface area (Å²) in [4.78, 5) is 0. The molecule has 3 nitrogen and oxygen atoms in total. The van der Waals surface area contributed by atoms with Gasteiger partial charge < -0.3 is 4.42 Å². The van der Waals surface area contributed by atoms with Crippen LogP contribution >= 0.6 is 23.2 Å². The minimum absolute atomic E-state index is 0.0297. The van der Waals surface area contributed by atoms with Gasteiger partial charge in [0.2, 0.25) is 0 Å². The molecule has 1 heterocycles. The van der Waals surface area contributed by atoms with Crippen LogP contribution in [-0.2, 0) is 0 Å². The molecule has 0 N–H and O–H groups in total. The fourth-order valence-corrected chi connectivity index (χ4v) is 2.91. The molecule has 0 amide bonds. The fourth-order valence-electron chi connectivity index (χ4n) is 2.53. The molecule has 0 fully saturated rings. The summed E-state index contributed by atoms with van der Waals surface area (Å²) >= 11 is 12.2. The third-order valence-corrected chi connectivity index (χ3v) is 4.38. The van der Waals surface area contributed by atoms with Crippen molar-refractivity contribution in [1.29, 1.82) is 10.5 Å². The zero-order chi connectivity index (χ0) is 19.2. The molecule has 0 unspecified atom stereocenters. The van der Waals surface area contributed by atoms with Crippen LogP contribution in [0.15, 0.2) is 76.7 Å². The van der Waals surface area contributed by atoms with Crippen molar-refractivity contribution in [2.45, 2.75) is 0 Å². The number of rotatable bonds is 4. The average molecular weight is 391 g/mol. The van der Waals surface area contributed by atoms with Crippen LogP contribution in [0.5, 0.6) is 0 Å². The molecule has 0 radical (unpaired) electrons. The Bertz CT molecular complexity index is 1100. The summed E-state index contributed by atoms with van der Waals surface area (Å²) in [5.41, 5.74) is 2.02. The maximum absolute atomic E-state index is 9.25. The molecule has 0 saturated heterocycles. The summed E-state index contributed by atoms with van der Waals surface area (Å²) in [6.07, 6.45) is 3.40. The predicted octanol–water partition coefficient (Wildman–Crippen LogP) is 6.77. The van der Waals surface area contributed by atoms with Crippen molar-refractivity contribution < 1.29 is 4.42 Å².